The SMILES string of the molecule is CCOCCOC(=O)C1=C(C)NC(=O)N[C@@H]1c1cccc(Oc2ccccc2)c1. The highest BCUT2D eigenvalue weighted by Gasteiger charge is 2.32. The van der Waals surface area contributed by atoms with Crippen LogP contribution in [0.4, 0.5) is 4.79 Å². The number of amides is 2. The molecule has 2 aromatic rings. The minimum atomic E-state index is -0.650. The zero-order chi connectivity index (χ0) is 20.6. The zero-order valence-electron chi connectivity index (χ0n) is 16.4. The molecule has 0 radical (unpaired) electrons. The quantitative estimate of drug-likeness (QED) is 0.525. The normalized spacial score (nSPS) is 16.1. The molecule has 1 aliphatic rings. The molecule has 0 aliphatic carbocycles. The Bertz CT molecular complexity index is 895. The third kappa shape index (κ3) is 5.36. The van der Waals surface area contributed by atoms with E-state index in [0.29, 0.717) is 41.5 Å². The van der Waals surface area contributed by atoms with Crippen molar-refractivity contribution in [3.8, 4) is 11.5 Å². The Morgan fingerprint density at radius 2 is 1.79 bits per heavy atom. The highest BCUT2D eigenvalue weighted by atomic mass is 16.6. The van der Waals surface area contributed by atoms with Crippen molar-refractivity contribution in [2.24, 2.45) is 0 Å². The van der Waals surface area contributed by atoms with Crippen LogP contribution >= 0.6 is 0 Å². The van der Waals surface area contributed by atoms with Crippen molar-refractivity contribution in [3.05, 3.63) is 71.4 Å². The Labute approximate surface area is 169 Å². The fourth-order valence-corrected chi connectivity index (χ4v) is 3.01. The minimum Gasteiger partial charge on any atom is -0.460 e. The predicted molar refractivity (Wildman–Crippen MR) is 108 cm³/mol. The van der Waals surface area contributed by atoms with Gasteiger partial charge in [-0.1, -0.05) is 30.3 Å². The molecule has 1 heterocycles. The lowest BCUT2D eigenvalue weighted by Gasteiger charge is -2.28. The molecule has 0 saturated carbocycles. The van der Waals surface area contributed by atoms with Crippen molar-refractivity contribution in [1.29, 1.82) is 0 Å². The third-order valence-electron chi connectivity index (χ3n) is 4.32. The van der Waals surface area contributed by atoms with Gasteiger partial charge in [0.25, 0.3) is 0 Å². The summed E-state index contributed by atoms with van der Waals surface area (Å²) < 4.78 is 16.4. The average molecular weight is 396 g/mol. The van der Waals surface area contributed by atoms with Gasteiger partial charge in [-0.3, -0.25) is 0 Å². The van der Waals surface area contributed by atoms with Gasteiger partial charge in [0.2, 0.25) is 0 Å². The smallest absolute Gasteiger partial charge is 0.338 e. The summed E-state index contributed by atoms with van der Waals surface area (Å²) in [5.74, 6) is 0.790. The van der Waals surface area contributed by atoms with Crippen molar-refractivity contribution < 1.29 is 23.8 Å². The first-order chi connectivity index (χ1) is 14.1. The van der Waals surface area contributed by atoms with Crippen LogP contribution in [0.15, 0.2) is 65.9 Å². The molecule has 1 aliphatic heterocycles. The lowest BCUT2D eigenvalue weighted by atomic mass is 9.95. The molecule has 7 heteroatoms. The van der Waals surface area contributed by atoms with Crippen molar-refractivity contribution in [1.82, 2.24) is 10.6 Å². The van der Waals surface area contributed by atoms with Crippen molar-refractivity contribution in [2.75, 3.05) is 19.8 Å². The van der Waals surface area contributed by atoms with Gasteiger partial charge in [0, 0.05) is 12.3 Å². The molecule has 2 aromatic carbocycles. The van der Waals surface area contributed by atoms with Crippen LogP contribution in [0.3, 0.4) is 0 Å². The number of ether oxygens (including phenoxy) is 3. The molecule has 3 rings (SSSR count). The summed E-state index contributed by atoms with van der Waals surface area (Å²) in [6.07, 6.45) is 0. The van der Waals surface area contributed by atoms with E-state index in [4.69, 9.17) is 14.2 Å². The molecule has 0 aromatic heterocycles. The molecule has 2 N–H and O–H groups in total. The molecule has 0 fully saturated rings. The first-order valence-electron chi connectivity index (χ1n) is 9.44. The van der Waals surface area contributed by atoms with Crippen LogP contribution in [-0.4, -0.2) is 31.8 Å². The summed E-state index contributed by atoms with van der Waals surface area (Å²) in [4.78, 5) is 24.7. The van der Waals surface area contributed by atoms with E-state index in [-0.39, 0.29) is 12.6 Å². The molecule has 7 nitrogen and oxygen atoms in total. The Kier molecular flexibility index (Phi) is 6.86. The summed E-state index contributed by atoms with van der Waals surface area (Å²) >= 11 is 0. The molecular weight excluding hydrogens is 372 g/mol. The van der Waals surface area contributed by atoms with Crippen LogP contribution in [0, 0.1) is 0 Å². The van der Waals surface area contributed by atoms with E-state index in [9.17, 15) is 9.59 Å². The monoisotopic (exact) mass is 396 g/mol. The Balaban J connectivity index is 1.82. The molecule has 0 bridgehead atoms. The van der Waals surface area contributed by atoms with Crippen LogP contribution in [0.1, 0.15) is 25.5 Å². The van der Waals surface area contributed by atoms with E-state index in [2.05, 4.69) is 10.6 Å². The second kappa shape index (κ2) is 9.75. The summed E-state index contributed by atoms with van der Waals surface area (Å²) in [6, 6.07) is 15.6. The summed E-state index contributed by atoms with van der Waals surface area (Å²) in [5.41, 5.74) is 1.51. The lowest BCUT2D eigenvalue weighted by molar-refractivity contribution is -0.141. The Hall–Kier alpha value is -3.32. The number of urea groups is 1. The van der Waals surface area contributed by atoms with E-state index >= 15 is 0 Å². The predicted octanol–water partition coefficient (Wildman–Crippen LogP) is 3.69. The number of benzene rings is 2. The van der Waals surface area contributed by atoms with Gasteiger partial charge >= 0.3 is 12.0 Å². The number of allylic oxidation sites excluding steroid dienone is 1. The molecule has 152 valence electrons. The first-order valence-corrected chi connectivity index (χ1v) is 9.44. The Morgan fingerprint density at radius 3 is 2.55 bits per heavy atom. The maximum atomic E-state index is 12.7. The molecule has 0 saturated heterocycles. The first kappa shape index (κ1) is 20.4. The van der Waals surface area contributed by atoms with Crippen LogP contribution in [0.2, 0.25) is 0 Å². The van der Waals surface area contributed by atoms with Crippen molar-refractivity contribution >= 4 is 12.0 Å². The summed E-state index contributed by atoms with van der Waals surface area (Å²) in [7, 11) is 0. The maximum Gasteiger partial charge on any atom is 0.338 e. The van der Waals surface area contributed by atoms with Crippen LogP contribution in [0.25, 0.3) is 0 Å². The third-order valence-corrected chi connectivity index (χ3v) is 4.32. The fourth-order valence-electron chi connectivity index (χ4n) is 3.01. The van der Waals surface area contributed by atoms with Gasteiger partial charge in [0.05, 0.1) is 18.2 Å². The molecule has 0 unspecified atom stereocenters. The van der Waals surface area contributed by atoms with Crippen LogP contribution in [-0.2, 0) is 14.3 Å². The van der Waals surface area contributed by atoms with Crippen LogP contribution < -0.4 is 15.4 Å². The van der Waals surface area contributed by atoms with Crippen LogP contribution in [0.5, 0.6) is 11.5 Å². The van der Waals surface area contributed by atoms with Crippen molar-refractivity contribution in [3.63, 3.8) is 0 Å². The Morgan fingerprint density at radius 1 is 1.03 bits per heavy atom. The molecule has 0 spiro atoms. The number of nitrogens with one attached hydrogen (secondary N) is 2. The highest BCUT2D eigenvalue weighted by Crippen LogP contribution is 2.31. The zero-order valence-corrected chi connectivity index (χ0v) is 16.4. The standard InChI is InChI=1S/C22H24N2O5/c1-3-27-12-13-28-21(25)19-15(2)23-22(26)24-20(19)16-8-7-11-18(14-16)29-17-9-5-4-6-10-17/h4-11,14,20H,3,12-13H2,1-2H3,(H2,23,24,26)/t20-/m1/s1. The number of rotatable bonds is 8. The minimum absolute atomic E-state index is 0.140. The van der Waals surface area contributed by atoms with Gasteiger partial charge in [-0.25, -0.2) is 9.59 Å². The van der Waals surface area contributed by atoms with Gasteiger partial charge in [0.15, 0.2) is 0 Å². The number of hydrogen-bond acceptors (Lipinski definition) is 5. The van der Waals surface area contributed by atoms with E-state index in [1.807, 2.05) is 55.5 Å². The highest BCUT2D eigenvalue weighted by molar-refractivity contribution is 5.95. The molecule has 29 heavy (non-hydrogen) atoms. The number of esters is 1. The average Bonchev–Trinajstić information content (AvgIpc) is 2.71. The molecule has 1 atom stereocenters. The number of hydrogen-bond donors (Lipinski definition) is 2. The second-order valence-electron chi connectivity index (χ2n) is 6.39. The van der Waals surface area contributed by atoms with Gasteiger partial charge in [0.1, 0.15) is 18.1 Å². The topological polar surface area (TPSA) is 85.9 Å². The van der Waals surface area contributed by atoms with Gasteiger partial charge in [-0.2, -0.15) is 0 Å². The summed E-state index contributed by atoms with van der Waals surface area (Å²) in [5, 5.41) is 5.42. The maximum absolute atomic E-state index is 12.7. The summed E-state index contributed by atoms with van der Waals surface area (Å²) in [6.45, 7) is 4.55. The number of para-hydroxylation sites is 1. The second-order valence-corrected chi connectivity index (χ2v) is 6.39. The van der Waals surface area contributed by atoms with Gasteiger partial charge < -0.3 is 24.8 Å². The van der Waals surface area contributed by atoms with Gasteiger partial charge in [-0.05, 0) is 43.7 Å². The lowest BCUT2D eigenvalue weighted by Crippen LogP contribution is -2.45. The van der Waals surface area contributed by atoms with E-state index in [1.165, 1.54) is 0 Å². The molecular formula is C22H24N2O5. The fraction of sp³-hybridized carbons (Fsp3) is 0.273. The molecule has 2 amide bonds. The van der Waals surface area contributed by atoms with E-state index < -0.39 is 12.0 Å². The van der Waals surface area contributed by atoms with Crippen molar-refractivity contribution in [2.45, 2.75) is 19.9 Å². The number of carbonyl (C=O) groups is 2. The largest absolute Gasteiger partial charge is 0.460 e. The number of carbonyl (C=O) groups excluding carboxylic acids is 2. The van der Waals surface area contributed by atoms with E-state index in [1.54, 1.807) is 13.0 Å². The van der Waals surface area contributed by atoms with Gasteiger partial charge in [-0.15, -0.1) is 0 Å². The van der Waals surface area contributed by atoms with E-state index in [0.717, 1.165) is 0 Å².